The number of nitrogens with one attached hydrogen (secondary N) is 1. The van der Waals surface area contributed by atoms with Crippen molar-refractivity contribution in [1.29, 1.82) is 0 Å². The van der Waals surface area contributed by atoms with Crippen LogP contribution in [0.4, 0.5) is 11.4 Å². The highest BCUT2D eigenvalue weighted by Crippen LogP contribution is 2.25. The summed E-state index contributed by atoms with van der Waals surface area (Å²) in [6.07, 6.45) is 2.43. The summed E-state index contributed by atoms with van der Waals surface area (Å²) in [5.74, 6) is -0.354. The van der Waals surface area contributed by atoms with Crippen molar-refractivity contribution in [2.24, 2.45) is 0 Å². The van der Waals surface area contributed by atoms with Crippen LogP contribution in [0.25, 0.3) is 0 Å². The second-order valence-electron chi connectivity index (χ2n) is 6.07. The highest BCUT2D eigenvalue weighted by Gasteiger charge is 2.21. The van der Waals surface area contributed by atoms with Gasteiger partial charge in [-0.3, -0.25) is 9.59 Å². The lowest BCUT2D eigenvalue weighted by Gasteiger charge is -2.16. The van der Waals surface area contributed by atoms with Gasteiger partial charge in [0.15, 0.2) is 9.84 Å². The Bertz CT molecular complexity index is 971. The fourth-order valence-corrected chi connectivity index (χ4v) is 4.08. The van der Waals surface area contributed by atoms with E-state index in [1.54, 1.807) is 29.2 Å². The summed E-state index contributed by atoms with van der Waals surface area (Å²) in [6, 6.07) is 11.0. The standard InChI is InChI=1S/C18H17ClN2O4S/c1-26(24,25)16-11-12(4-9-15(16)19)18(23)20-13-5-7-14(8-6-13)21-10-2-3-17(21)22/h4-9,11H,2-3,10H2,1H3,(H,20,23). The highest BCUT2D eigenvalue weighted by atomic mass is 35.5. The van der Waals surface area contributed by atoms with E-state index in [0.717, 1.165) is 18.4 Å². The Hall–Kier alpha value is -2.38. The molecule has 1 saturated heterocycles. The van der Waals surface area contributed by atoms with Gasteiger partial charge in [0.05, 0.1) is 9.92 Å². The van der Waals surface area contributed by atoms with E-state index in [2.05, 4.69) is 5.32 Å². The largest absolute Gasteiger partial charge is 0.322 e. The zero-order valence-electron chi connectivity index (χ0n) is 14.0. The number of amides is 2. The third-order valence-corrected chi connectivity index (χ3v) is 5.68. The maximum atomic E-state index is 12.4. The molecular formula is C18H17ClN2O4S. The Balaban J connectivity index is 1.77. The molecule has 1 heterocycles. The first-order valence-electron chi connectivity index (χ1n) is 7.97. The molecular weight excluding hydrogens is 376 g/mol. The first-order chi connectivity index (χ1) is 12.3. The van der Waals surface area contributed by atoms with Crippen LogP contribution in [-0.2, 0) is 14.6 Å². The first-order valence-corrected chi connectivity index (χ1v) is 10.2. The highest BCUT2D eigenvalue weighted by molar-refractivity contribution is 7.90. The second-order valence-corrected chi connectivity index (χ2v) is 8.46. The minimum absolute atomic E-state index is 0.0729. The lowest BCUT2D eigenvalue weighted by Crippen LogP contribution is -2.23. The topological polar surface area (TPSA) is 83.6 Å². The van der Waals surface area contributed by atoms with E-state index in [1.807, 2.05) is 0 Å². The maximum Gasteiger partial charge on any atom is 0.255 e. The Morgan fingerprint density at radius 3 is 2.42 bits per heavy atom. The van der Waals surface area contributed by atoms with Gasteiger partial charge in [0, 0.05) is 36.2 Å². The van der Waals surface area contributed by atoms with Crippen LogP contribution in [0.1, 0.15) is 23.2 Å². The molecule has 0 saturated carbocycles. The Morgan fingerprint density at radius 1 is 1.15 bits per heavy atom. The Labute approximate surface area is 156 Å². The van der Waals surface area contributed by atoms with E-state index in [4.69, 9.17) is 11.6 Å². The number of nitrogens with zero attached hydrogens (tertiary/aromatic N) is 1. The molecule has 0 bridgehead atoms. The number of carbonyl (C=O) groups is 2. The van der Waals surface area contributed by atoms with Crippen LogP contribution in [0.3, 0.4) is 0 Å². The summed E-state index contributed by atoms with van der Waals surface area (Å²) in [6.45, 7) is 0.698. The molecule has 0 atom stereocenters. The third-order valence-electron chi connectivity index (χ3n) is 4.10. The molecule has 0 radical (unpaired) electrons. The molecule has 8 heteroatoms. The number of halogens is 1. The molecule has 0 aliphatic carbocycles. The maximum absolute atomic E-state index is 12.4. The van der Waals surface area contributed by atoms with Crippen molar-refractivity contribution >= 4 is 44.6 Å². The fraction of sp³-hybridized carbons (Fsp3) is 0.222. The van der Waals surface area contributed by atoms with Gasteiger partial charge in [0.2, 0.25) is 5.91 Å². The molecule has 1 N–H and O–H groups in total. The van der Waals surface area contributed by atoms with Crippen LogP contribution in [0, 0.1) is 0 Å². The molecule has 136 valence electrons. The van der Waals surface area contributed by atoms with E-state index >= 15 is 0 Å². The summed E-state index contributed by atoms with van der Waals surface area (Å²) in [5, 5.41) is 2.78. The SMILES string of the molecule is CS(=O)(=O)c1cc(C(=O)Nc2ccc(N3CCCC3=O)cc2)ccc1Cl. The van der Waals surface area contributed by atoms with Crippen LogP contribution in [0.5, 0.6) is 0 Å². The minimum Gasteiger partial charge on any atom is -0.322 e. The van der Waals surface area contributed by atoms with Gasteiger partial charge in [0.1, 0.15) is 0 Å². The second kappa shape index (κ2) is 7.09. The number of sulfone groups is 1. The normalized spacial score (nSPS) is 14.5. The molecule has 2 aromatic carbocycles. The Morgan fingerprint density at radius 2 is 1.85 bits per heavy atom. The summed E-state index contributed by atoms with van der Waals surface area (Å²) >= 11 is 5.89. The van der Waals surface area contributed by atoms with Crippen LogP contribution in [0.2, 0.25) is 5.02 Å². The molecule has 2 aromatic rings. The van der Waals surface area contributed by atoms with Crippen molar-refractivity contribution < 1.29 is 18.0 Å². The van der Waals surface area contributed by atoms with Crippen molar-refractivity contribution in [3.63, 3.8) is 0 Å². The average Bonchev–Trinajstić information content (AvgIpc) is 3.01. The monoisotopic (exact) mass is 392 g/mol. The van der Waals surface area contributed by atoms with Gasteiger partial charge < -0.3 is 10.2 Å². The van der Waals surface area contributed by atoms with Crippen LogP contribution in [-0.4, -0.2) is 33.0 Å². The molecule has 0 spiro atoms. The van der Waals surface area contributed by atoms with Crippen molar-refractivity contribution in [3.8, 4) is 0 Å². The number of carbonyl (C=O) groups excluding carboxylic acids is 2. The average molecular weight is 393 g/mol. The van der Waals surface area contributed by atoms with Gasteiger partial charge >= 0.3 is 0 Å². The molecule has 0 unspecified atom stereocenters. The molecule has 0 aromatic heterocycles. The summed E-state index contributed by atoms with van der Waals surface area (Å²) in [5.41, 5.74) is 1.52. The lowest BCUT2D eigenvalue weighted by atomic mass is 10.2. The van der Waals surface area contributed by atoms with E-state index in [0.29, 0.717) is 18.7 Å². The van der Waals surface area contributed by atoms with Crippen molar-refractivity contribution in [1.82, 2.24) is 0 Å². The first kappa shape index (κ1) is 18.4. The molecule has 2 amide bonds. The molecule has 1 fully saturated rings. The van der Waals surface area contributed by atoms with Crippen LogP contribution in [0.15, 0.2) is 47.4 Å². The van der Waals surface area contributed by atoms with Gasteiger partial charge in [-0.1, -0.05) is 11.6 Å². The van der Waals surface area contributed by atoms with Crippen molar-refractivity contribution in [2.75, 3.05) is 23.0 Å². The molecule has 1 aliphatic rings. The van der Waals surface area contributed by atoms with Crippen LogP contribution >= 0.6 is 11.6 Å². The van der Waals surface area contributed by atoms with Crippen LogP contribution < -0.4 is 10.2 Å². The van der Waals surface area contributed by atoms with Crippen molar-refractivity contribution in [3.05, 3.63) is 53.1 Å². The van der Waals surface area contributed by atoms with E-state index in [-0.39, 0.29) is 21.4 Å². The van der Waals surface area contributed by atoms with E-state index in [1.165, 1.54) is 18.2 Å². The molecule has 3 rings (SSSR count). The molecule has 6 nitrogen and oxygen atoms in total. The molecule has 26 heavy (non-hydrogen) atoms. The zero-order chi connectivity index (χ0) is 18.9. The van der Waals surface area contributed by atoms with Crippen molar-refractivity contribution in [2.45, 2.75) is 17.7 Å². The number of hydrogen-bond acceptors (Lipinski definition) is 4. The van der Waals surface area contributed by atoms with Gasteiger partial charge in [-0.15, -0.1) is 0 Å². The van der Waals surface area contributed by atoms with Gasteiger partial charge in [-0.2, -0.15) is 0 Å². The minimum atomic E-state index is -3.53. The quantitative estimate of drug-likeness (QED) is 0.866. The Kier molecular flexibility index (Phi) is 5.02. The van der Waals surface area contributed by atoms with Gasteiger partial charge in [-0.05, 0) is 48.9 Å². The third kappa shape index (κ3) is 3.89. The fourth-order valence-electron chi connectivity index (χ4n) is 2.78. The van der Waals surface area contributed by atoms with Gasteiger partial charge in [-0.25, -0.2) is 8.42 Å². The summed E-state index contributed by atoms with van der Waals surface area (Å²) in [4.78, 5) is 25.8. The summed E-state index contributed by atoms with van der Waals surface area (Å²) < 4.78 is 23.5. The number of hydrogen-bond donors (Lipinski definition) is 1. The van der Waals surface area contributed by atoms with Gasteiger partial charge in [0.25, 0.3) is 5.91 Å². The lowest BCUT2D eigenvalue weighted by molar-refractivity contribution is -0.117. The smallest absolute Gasteiger partial charge is 0.255 e. The zero-order valence-corrected chi connectivity index (χ0v) is 15.6. The number of rotatable bonds is 4. The predicted octanol–water partition coefficient (Wildman–Crippen LogP) is 3.12. The van der Waals surface area contributed by atoms with E-state index in [9.17, 15) is 18.0 Å². The summed E-state index contributed by atoms with van der Waals surface area (Å²) in [7, 11) is -3.53. The molecule has 1 aliphatic heterocycles. The predicted molar refractivity (Wildman–Crippen MR) is 101 cm³/mol. The van der Waals surface area contributed by atoms with E-state index < -0.39 is 15.7 Å². The number of anilines is 2. The number of benzene rings is 2.